The third-order valence-electron chi connectivity index (χ3n) is 4.09. The Hall–Kier alpha value is -1.74. The van der Waals surface area contributed by atoms with Crippen molar-refractivity contribution in [1.82, 2.24) is 10.2 Å². The molecule has 0 radical (unpaired) electrons. The summed E-state index contributed by atoms with van der Waals surface area (Å²) in [6.45, 7) is 2.16. The van der Waals surface area contributed by atoms with Crippen LogP contribution in [0.2, 0.25) is 0 Å². The summed E-state index contributed by atoms with van der Waals surface area (Å²) in [6, 6.07) is 7.05. The van der Waals surface area contributed by atoms with Crippen molar-refractivity contribution < 1.29 is 22.7 Å². The van der Waals surface area contributed by atoms with Crippen LogP contribution in [-0.2, 0) is 19.4 Å². The van der Waals surface area contributed by atoms with Crippen molar-refractivity contribution in [3.8, 4) is 5.75 Å². The van der Waals surface area contributed by atoms with Gasteiger partial charge in [-0.1, -0.05) is 0 Å². The second kappa shape index (κ2) is 9.27. The number of nitrogens with zero attached hydrogens (tertiary/aromatic N) is 1. The SMILES string of the molecule is CCN(CC(=O)N[C@@H]1CCS(=O)(=O)C1)C(=O)CSc1ccc(OC)cc1. The van der Waals surface area contributed by atoms with Gasteiger partial charge in [0.1, 0.15) is 5.75 Å². The van der Waals surface area contributed by atoms with Gasteiger partial charge < -0.3 is 15.0 Å². The molecule has 144 valence electrons. The van der Waals surface area contributed by atoms with Crippen molar-refractivity contribution in [3.63, 3.8) is 0 Å². The highest BCUT2D eigenvalue weighted by atomic mass is 32.2. The standard InChI is InChI=1S/C17H24N2O5S2/c1-3-19(10-16(20)18-13-8-9-26(22,23)12-13)17(21)11-25-15-6-4-14(24-2)5-7-15/h4-7,13H,3,8-12H2,1-2H3,(H,18,20)/t13-/m1/s1. The second-order valence-corrected chi connectivity index (χ2v) is 9.32. The number of ether oxygens (including phenoxy) is 1. The molecule has 0 bridgehead atoms. The summed E-state index contributed by atoms with van der Waals surface area (Å²) in [5.74, 6) is 0.602. The zero-order valence-electron chi connectivity index (χ0n) is 14.9. The lowest BCUT2D eigenvalue weighted by atomic mass is 10.2. The zero-order chi connectivity index (χ0) is 19.2. The van der Waals surface area contributed by atoms with Crippen LogP contribution < -0.4 is 10.1 Å². The highest BCUT2D eigenvalue weighted by molar-refractivity contribution is 8.00. The number of thioether (sulfide) groups is 1. The number of amides is 2. The highest BCUT2D eigenvalue weighted by Gasteiger charge is 2.29. The van der Waals surface area contributed by atoms with E-state index in [-0.39, 0.29) is 41.7 Å². The van der Waals surface area contributed by atoms with Gasteiger partial charge in [-0.25, -0.2) is 8.42 Å². The smallest absolute Gasteiger partial charge is 0.239 e. The monoisotopic (exact) mass is 400 g/mol. The van der Waals surface area contributed by atoms with Gasteiger partial charge in [0.05, 0.1) is 30.9 Å². The molecular formula is C17H24N2O5S2. The van der Waals surface area contributed by atoms with Crippen LogP contribution in [0, 0.1) is 0 Å². The molecule has 0 aromatic heterocycles. The van der Waals surface area contributed by atoms with Crippen molar-refractivity contribution in [2.75, 3.05) is 37.5 Å². The third-order valence-corrected chi connectivity index (χ3v) is 6.85. The van der Waals surface area contributed by atoms with Gasteiger partial charge in [-0.05, 0) is 37.6 Å². The molecule has 2 amide bonds. The molecule has 0 spiro atoms. The van der Waals surface area contributed by atoms with E-state index in [1.54, 1.807) is 7.11 Å². The molecule has 0 aliphatic carbocycles. The van der Waals surface area contributed by atoms with E-state index in [2.05, 4.69) is 5.32 Å². The molecular weight excluding hydrogens is 376 g/mol. The molecule has 9 heteroatoms. The lowest BCUT2D eigenvalue weighted by Crippen LogP contribution is -2.45. The third kappa shape index (κ3) is 6.21. The Bertz CT molecular complexity index is 734. The molecule has 0 unspecified atom stereocenters. The summed E-state index contributed by atoms with van der Waals surface area (Å²) in [6.07, 6.45) is 0.432. The Labute approximate surface area is 158 Å². The number of carbonyl (C=O) groups excluding carboxylic acids is 2. The first-order chi connectivity index (χ1) is 12.3. The Morgan fingerprint density at radius 2 is 2.00 bits per heavy atom. The van der Waals surface area contributed by atoms with Crippen LogP contribution in [0.1, 0.15) is 13.3 Å². The molecule has 1 fully saturated rings. The van der Waals surface area contributed by atoms with E-state index in [9.17, 15) is 18.0 Å². The fraction of sp³-hybridized carbons (Fsp3) is 0.529. The molecule has 2 rings (SSSR count). The normalized spacial score (nSPS) is 18.3. The van der Waals surface area contributed by atoms with Gasteiger partial charge in [0.2, 0.25) is 11.8 Å². The number of benzene rings is 1. The van der Waals surface area contributed by atoms with E-state index < -0.39 is 9.84 Å². The van der Waals surface area contributed by atoms with E-state index in [4.69, 9.17) is 4.74 Å². The largest absolute Gasteiger partial charge is 0.497 e. The predicted octanol–water partition coefficient (Wildman–Crippen LogP) is 0.939. The van der Waals surface area contributed by atoms with Gasteiger partial charge in [-0.2, -0.15) is 0 Å². The lowest BCUT2D eigenvalue weighted by molar-refractivity contribution is -0.134. The molecule has 1 aromatic carbocycles. The van der Waals surface area contributed by atoms with Crippen molar-refractivity contribution in [3.05, 3.63) is 24.3 Å². The Kier molecular flexibility index (Phi) is 7.33. The minimum atomic E-state index is -3.04. The quantitative estimate of drug-likeness (QED) is 0.653. The molecule has 1 atom stereocenters. The summed E-state index contributed by atoms with van der Waals surface area (Å²) >= 11 is 1.39. The number of hydrogen-bond donors (Lipinski definition) is 1. The minimum absolute atomic E-state index is 0.0217. The van der Waals surface area contributed by atoms with Crippen LogP contribution in [0.15, 0.2) is 29.2 Å². The van der Waals surface area contributed by atoms with Gasteiger partial charge in [0.25, 0.3) is 0 Å². The number of likely N-dealkylation sites (N-methyl/N-ethyl adjacent to an activating group) is 1. The number of rotatable bonds is 8. The van der Waals surface area contributed by atoms with E-state index in [0.29, 0.717) is 13.0 Å². The second-order valence-electron chi connectivity index (χ2n) is 6.04. The lowest BCUT2D eigenvalue weighted by Gasteiger charge is -2.21. The Morgan fingerprint density at radius 3 is 2.54 bits per heavy atom. The van der Waals surface area contributed by atoms with Gasteiger partial charge in [-0.3, -0.25) is 9.59 Å². The van der Waals surface area contributed by atoms with Crippen LogP contribution in [0.5, 0.6) is 5.75 Å². The first kappa shape index (κ1) is 20.6. The van der Waals surface area contributed by atoms with E-state index in [1.807, 2.05) is 31.2 Å². The van der Waals surface area contributed by atoms with Gasteiger partial charge in [0.15, 0.2) is 9.84 Å². The minimum Gasteiger partial charge on any atom is -0.497 e. The molecule has 1 aliphatic rings. The molecule has 26 heavy (non-hydrogen) atoms. The maximum atomic E-state index is 12.4. The summed E-state index contributed by atoms with van der Waals surface area (Å²) in [4.78, 5) is 26.9. The molecule has 1 N–H and O–H groups in total. The van der Waals surface area contributed by atoms with Crippen LogP contribution in [-0.4, -0.2) is 68.6 Å². The van der Waals surface area contributed by atoms with Gasteiger partial charge in [-0.15, -0.1) is 11.8 Å². The number of sulfone groups is 1. The Balaban J connectivity index is 1.80. The maximum absolute atomic E-state index is 12.4. The van der Waals surface area contributed by atoms with Crippen molar-refractivity contribution in [2.24, 2.45) is 0 Å². The van der Waals surface area contributed by atoms with Crippen molar-refractivity contribution in [2.45, 2.75) is 24.3 Å². The van der Waals surface area contributed by atoms with E-state index in [0.717, 1.165) is 10.6 Å². The summed E-state index contributed by atoms with van der Waals surface area (Å²) in [5, 5.41) is 2.71. The van der Waals surface area contributed by atoms with Crippen LogP contribution in [0.25, 0.3) is 0 Å². The summed E-state index contributed by atoms with van der Waals surface area (Å²) in [7, 11) is -1.45. The topological polar surface area (TPSA) is 92.8 Å². The van der Waals surface area contributed by atoms with Crippen LogP contribution in [0.4, 0.5) is 0 Å². The predicted molar refractivity (Wildman–Crippen MR) is 101 cm³/mol. The summed E-state index contributed by atoms with van der Waals surface area (Å²) in [5.41, 5.74) is 0. The van der Waals surface area contributed by atoms with Gasteiger partial charge in [0, 0.05) is 17.5 Å². The molecule has 1 aliphatic heterocycles. The molecule has 1 heterocycles. The van der Waals surface area contributed by atoms with E-state index in [1.165, 1.54) is 16.7 Å². The molecule has 0 saturated carbocycles. The van der Waals surface area contributed by atoms with Gasteiger partial charge >= 0.3 is 0 Å². The van der Waals surface area contributed by atoms with E-state index >= 15 is 0 Å². The Morgan fingerprint density at radius 1 is 1.31 bits per heavy atom. The zero-order valence-corrected chi connectivity index (χ0v) is 16.6. The first-order valence-corrected chi connectivity index (χ1v) is 11.2. The number of hydrogen-bond acceptors (Lipinski definition) is 6. The molecule has 7 nitrogen and oxygen atoms in total. The van der Waals surface area contributed by atoms with Crippen LogP contribution >= 0.6 is 11.8 Å². The average Bonchev–Trinajstić information content (AvgIpc) is 2.96. The molecule has 1 aromatic rings. The maximum Gasteiger partial charge on any atom is 0.239 e. The van der Waals surface area contributed by atoms with Crippen molar-refractivity contribution >= 4 is 33.4 Å². The fourth-order valence-corrected chi connectivity index (χ4v) is 5.11. The number of methoxy groups -OCH3 is 1. The number of nitrogens with one attached hydrogen (secondary N) is 1. The molecule has 1 saturated heterocycles. The average molecular weight is 401 g/mol. The fourth-order valence-electron chi connectivity index (χ4n) is 2.64. The van der Waals surface area contributed by atoms with Crippen LogP contribution in [0.3, 0.4) is 0 Å². The highest BCUT2D eigenvalue weighted by Crippen LogP contribution is 2.21. The van der Waals surface area contributed by atoms with Crippen molar-refractivity contribution in [1.29, 1.82) is 0 Å². The summed E-state index contributed by atoms with van der Waals surface area (Å²) < 4.78 is 28.0. The first-order valence-electron chi connectivity index (χ1n) is 8.37. The number of carbonyl (C=O) groups is 2.